The molecular weight excluding hydrogens is 183 g/mol. The van der Waals surface area contributed by atoms with Crippen LogP contribution < -0.4 is 0 Å². The minimum absolute atomic E-state index is 0.222. The summed E-state index contributed by atoms with van der Waals surface area (Å²) in [7, 11) is 0. The molecule has 0 amide bonds. The molecule has 5 heteroatoms. The zero-order valence-electron chi connectivity index (χ0n) is 6.96. The molecule has 0 heterocycles. The Morgan fingerprint density at radius 3 is 2.92 bits per heavy atom. The number of hydrogen-bond acceptors (Lipinski definition) is 2. The molecule has 3 unspecified atom stereocenters. The van der Waals surface area contributed by atoms with Crippen LogP contribution >= 0.6 is 0 Å². The summed E-state index contributed by atoms with van der Waals surface area (Å²) in [4.78, 5) is 0. The van der Waals surface area contributed by atoms with Crippen molar-refractivity contribution < 1.29 is 17.3 Å². The monoisotopic (exact) mass is 196 g/mol. The van der Waals surface area contributed by atoms with Crippen LogP contribution in [0.25, 0.3) is 0 Å². The van der Waals surface area contributed by atoms with Gasteiger partial charge in [-0.15, -0.1) is 0 Å². The summed E-state index contributed by atoms with van der Waals surface area (Å²) in [5.74, 6) is 0. The van der Waals surface area contributed by atoms with Gasteiger partial charge in [0.15, 0.2) is 0 Å². The van der Waals surface area contributed by atoms with Crippen LogP contribution in [0.15, 0.2) is 0 Å². The van der Waals surface area contributed by atoms with Gasteiger partial charge in [-0.1, -0.05) is 0 Å². The van der Waals surface area contributed by atoms with Gasteiger partial charge in [0.2, 0.25) is 0 Å². The van der Waals surface area contributed by atoms with E-state index < -0.39 is 23.1 Å². The maximum absolute atomic E-state index is 12.9. The van der Waals surface area contributed by atoms with E-state index in [1.54, 1.807) is 6.92 Å². The van der Waals surface area contributed by atoms with Crippen molar-refractivity contribution in [2.75, 3.05) is 0 Å². The van der Waals surface area contributed by atoms with Crippen LogP contribution in [-0.4, -0.2) is 20.5 Å². The largest absolute Gasteiger partial charge is 0.302 e. The highest BCUT2D eigenvalue weighted by Crippen LogP contribution is 2.33. The number of halogens is 1. The molecule has 1 saturated carbocycles. The molecule has 0 saturated heterocycles. The molecule has 3 atom stereocenters. The molecule has 1 fully saturated rings. The van der Waals surface area contributed by atoms with Crippen molar-refractivity contribution in [1.82, 2.24) is 0 Å². The van der Waals surface area contributed by atoms with Gasteiger partial charge in [-0.25, -0.2) is 4.39 Å². The van der Waals surface area contributed by atoms with E-state index in [0.29, 0.717) is 12.8 Å². The molecule has 0 aromatic rings. The fraction of sp³-hybridized carbons (Fsp3) is 1.00. The summed E-state index contributed by atoms with van der Waals surface area (Å²) in [6, 6.07) is 0. The van der Waals surface area contributed by atoms with Crippen molar-refractivity contribution >= 4 is 11.4 Å². The van der Waals surface area contributed by atoms with Gasteiger partial charge in [-0.3, -0.25) is 8.74 Å². The minimum Gasteiger partial charge on any atom is -0.284 e. The van der Waals surface area contributed by atoms with E-state index in [-0.39, 0.29) is 6.42 Å². The van der Waals surface area contributed by atoms with Crippen molar-refractivity contribution in [3.63, 3.8) is 0 Å². The topological polar surface area (TPSA) is 46.5 Å². The standard InChI is InChI=1S/C7H13FO3S/c1-7(11-12(9)10)4-2-3-6(8)5-7/h6H,2-5H2,1H3,(H,9,10). The fourth-order valence-electron chi connectivity index (χ4n) is 1.62. The van der Waals surface area contributed by atoms with Crippen LogP contribution in [0, 0.1) is 0 Å². The van der Waals surface area contributed by atoms with Crippen molar-refractivity contribution in [2.45, 2.75) is 44.4 Å². The second kappa shape index (κ2) is 3.81. The van der Waals surface area contributed by atoms with E-state index in [1.807, 2.05) is 0 Å². The first kappa shape index (κ1) is 10.1. The van der Waals surface area contributed by atoms with E-state index in [2.05, 4.69) is 0 Å². The highest BCUT2D eigenvalue weighted by Gasteiger charge is 2.35. The lowest BCUT2D eigenvalue weighted by atomic mass is 9.85. The quantitative estimate of drug-likeness (QED) is 0.685. The Hall–Kier alpha value is -0.0000000000000000278. The summed E-state index contributed by atoms with van der Waals surface area (Å²) in [6.45, 7) is 1.67. The zero-order chi connectivity index (χ0) is 9.19. The van der Waals surface area contributed by atoms with Gasteiger partial charge in [-0.05, 0) is 26.2 Å². The van der Waals surface area contributed by atoms with Crippen LogP contribution in [0.2, 0.25) is 0 Å². The SMILES string of the molecule is CC1(OS(=O)O)CCCC(F)C1. The molecule has 1 aliphatic carbocycles. The summed E-state index contributed by atoms with van der Waals surface area (Å²) in [5.41, 5.74) is -0.753. The predicted octanol–water partition coefficient (Wildman–Crippen LogP) is 1.81. The van der Waals surface area contributed by atoms with Gasteiger partial charge in [0, 0.05) is 6.42 Å². The van der Waals surface area contributed by atoms with Crippen molar-refractivity contribution in [1.29, 1.82) is 0 Å². The molecule has 0 radical (unpaired) electrons. The first-order valence-corrected chi connectivity index (χ1v) is 4.99. The summed E-state index contributed by atoms with van der Waals surface area (Å²) in [5, 5.41) is 0. The smallest absolute Gasteiger partial charge is 0.284 e. The Balaban J connectivity index is 2.51. The molecule has 0 aromatic carbocycles. The van der Waals surface area contributed by atoms with Crippen LogP contribution in [0.3, 0.4) is 0 Å². The average molecular weight is 196 g/mol. The van der Waals surface area contributed by atoms with Gasteiger partial charge in [0.25, 0.3) is 0 Å². The van der Waals surface area contributed by atoms with E-state index in [9.17, 15) is 8.60 Å². The summed E-state index contributed by atoms with van der Waals surface area (Å²) in [6.07, 6.45) is 1.23. The molecule has 1 aliphatic rings. The van der Waals surface area contributed by atoms with Crippen molar-refractivity contribution in [3.8, 4) is 0 Å². The second-order valence-corrected chi connectivity index (χ2v) is 4.04. The second-order valence-electron chi connectivity index (χ2n) is 3.44. The zero-order valence-corrected chi connectivity index (χ0v) is 7.77. The maximum atomic E-state index is 12.9. The van der Waals surface area contributed by atoms with Gasteiger partial charge in [-0.2, -0.15) is 4.21 Å². The Morgan fingerprint density at radius 1 is 1.75 bits per heavy atom. The summed E-state index contributed by atoms with van der Waals surface area (Å²) >= 11 is -2.28. The molecule has 1 N–H and O–H groups in total. The highest BCUT2D eigenvalue weighted by molar-refractivity contribution is 7.74. The van der Waals surface area contributed by atoms with Crippen LogP contribution in [0.1, 0.15) is 32.6 Å². The fourth-order valence-corrected chi connectivity index (χ4v) is 2.11. The van der Waals surface area contributed by atoms with Crippen LogP contribution in [-0.2, 0) is 15.5 Å². The molecule has 72 valence electrons. The Morgan fingerprint density at radius 2 is 2.42 bits per heavy atom. The van der Waals surface area contributed by atoms with E-state index in [0.717, 1.165) is 6.42 Å². The molecule has 0 aromatic heterocycles. The lowest BCUT2D eigenvalue weighted by molar-refractivity contribution is 0.0197. The Labute approximate surface area is 73.8 Å². The third-order valence-electron chi connectivity index (χ3n) is 2.15. The molecule has 0 spiro atoms. The van der Waals surface area contributed by atoms with Crippen LogP contribution in [0.5, 0.6) is 0 Å². The first-order valence-electron chi connectivity index (χ1n) is 3.96. The van der Waals surface area contributed by atoms with Gasteiger partial charge in [0.1, 0.15) is 6.17 Å². The lowest BCUT2D eigenvalue weighted by Gasteiger charge is -2.32. The highest BCUT2D eigenvalue weighted by atomic mass is 32.2. The van der Waals surface area contributed by atoms with Gasteiger partial charge >= 0.3 is 11.4 Å². The third kappa shape index (κ3) is 2.80. The Kier molecular flexibility index (Phi) is 3.20. The van der Waals surface area contributed by atoms with Crippen molar-refractivity contribution in [3.05, 3.63) is 0 Å². The van der Waals surface area contributed by atoms with E-state index in [1.165, 1.54) is 0 Å². The molecule has 1 rings (SSSR count). The number of hydrogen-bond donors (Lipinski definition) is 1. The van der Waals surface area contributed by atoms with Gasteiger partial charge < -0.3 is 0 Å². The average Bonchev–Trinajstić information content (AvgIpc) is 1.82. The van der Waals surface area contributed by atoms with Crippen molar-refractivity contribution in [2.24, 2.45) is 0 Å². The maximum Gasteiger partial charge on any atom is 0.302 e. The molecule has 0 bridgehead atoms. The third-order valence-corrected chi connectivity index (χ3v) is 2.69. The first-order chi connectivity index (χ1) is 5.52. The normalized spacial score (nSPS) is 39.4. The molecular formula is C7H13FO3S. The number of alkyl halides is 1. The Bertz CT molecular complexity index is 187. The predicted molar refractivity (Wildman–Crippen MR) is 43.6 cm³/mol. The van der Waals surface area contributed by atoms with E-state index in [4.69, 9.17) is 8.74 Å². The molecule has 12 heavy (non-hydrogen) atoms. The minimum atomic E-state index is -2.28. The van der Waals surface area contributed by atoms with Crippen LogP contribution in [0.4, 0.5) is 4.39 Å². The summed E-state index contributed by atoms with van der Waals surface area (Å²) < 4.78 is 36.4. The number of rotatable bonds is 2. The molecule has 3 nitrogen and oxygen atoms in total. The van der Waals surface area contributed by atoms with Gasteiger partial charge in [0.05, 0.1) is 5.60 Å². The molecule has 0 aliphatic heterocycles. The van der Waals surface area contributed by atoms with E-state index >= 15 is 0 Å². The lowest BCUT2D eigenvalue weighted by Crippen LogP contribution is -2.36.